The van der Waals surface area contributed by atoms with E-state index in [0.717, 1.165) is 29.2 Å². The molecule has 1 atom stereocenters. The molecule has 8 heteroatoms. The summed E-state index contributed by atoms with van der Waals surface area (Å²) in [6.07, 6.45) is -4.23. The fourth-order valence-electron chi connectivity index (χ4n) is 1.71. The molecule has 0 aliphatic heterocycles. The van der Waals surface area contributed by atoms with Gasteiger partial charge in [-0.2, -0.15) is 13.2 Å². The van der Waals surface area contributed by atoms with Crippen molar-refractivity contribution in [2.75, 3.05) is 12.4 Å². The molecule has 116 valence electrons. The quantitative estimate of drug-likeness (QED) is 0.898. The van der Waals surface area contributed by atoms with Crippen LogP contribution in [0.1, 0.15) is 18.9 Å². The molecular weight excluding hydrogens is 289 g/mol. The number of amides is 2. The summed E-state index contributed by atoms with van der Waals surface area (Å²) in [5.41, 5.74) is -0.675. The van der Waals surface area contributed by atoms with Gasteiger partial charge in [0.05, 0.1) is 5.56 Å². The van der Waals surface area contributed by atoms with Crippen molar-refractivity contribution in [3.63, 3.8) is 0 Å². The number of hydrogen-bond donors (Lipinski definition) is 2. The summed E-state index contributed by atoms with van der Waals surface area (Å²) in [6.45, 7) is 1.61. The normalized spacial score (nSPS) is 12.6. The molecule has 1 aromatic rings. The Morgan fingerprint density at radius 2 is 1.81 bits per heavy atom. The monoisotopic (exact) mass is 304 g/mol. The maximum atomic E-state index is 12.4. The van der Waals surface area contributed by atoms with Gasteiger partial charge in [-0.05, 0) is 30.7 Å². The van der Waals surface area contributed by atoms with E-state index in [2.05, 4.69) is 5.32 Å². The lowest BCUT2D eigenvalue weighted by Crippen LogP contribution is -2.44. The summed E-state index contributed by atoms with van der Waals surface area (Å²) in [7, 11) is 1.31. The highest BCUT2D eigenvalue weighted by molar-refractivity contribution is 5.92. The third kappa shape index (κ3) is 4.37. The SMILES string of the molecule is CCC(C(=O)O)N(C)C(=O)Nc1ccc(C(F)(F)F)cc1. The number of aliphatic carboxylic acids is 1. The maximum Gasteiger partial charge on any atom is 0.416 e. The van der Waals surface area contributed by atoms with E-state index in [9.17, 15) is 22.8 Å². The Bertz CT molecular complexity index is 514. The summed E-state index contributed by atoms with van der Waals surface area (Å²) in [6, 6.07) is 2.18. The van der Waals surface area contributed by atoms with Crippen LogP contribution >= 0.6 is 0 Å². The number of carboxylic acid groups (broad SMARTS) is 1. The highest BCUT2D eigenvalue weighted by Gasteiger charge is 2.30. The second kappa shape index (κ2) is 6.47. The zero-order chi connectivity index (χ0) is 16.2. The van der Waals surface area contributed by atoms with E-state index in [1.165, 1.54) is 7.05 Å². The minimum Gasteiger partial charge on any atom is -0.480 e. The largest absolute Gasteiger partial charge is 0.480 e. The number of urea groups is 1. The minimum absolute atomic E-state index is 0.153. The van der Waals surface area contributed by atoms with Crippen LogP contribution < -0.4 is 5.32 Å². The zero-order valence-corrected chi connectivity index (χ0v) is 11.4. The second-order valence-electron chi connectivity index (χ2n) is 4.38. The minimum atomic E-state index is -4.45. The molecule has 0 saturated heterocycles. The number of nitrogens with one attached hydrogen (secondary N) is 1. The van der Waals surface area contributed by atoms with Crippen LogP contribution in [-0.2, 0) is 11.0 Å². The smallest absolute Gasteiger partial charge is 0.416 e. The van der Waals surface area contributed by atoms with Crippen molar-refractivity contribution in [1.82, 2.24) is 4.90 Å². The molecule has 0 fully saturated rings. The van der Waals surface area contributed by atoms with E-state index in [1.54, 1.807) is 6.92 Å². The van der Waals surface area contributed by atoms with E-state index in [-0.39, 0.29) is 12.1 Å². The molecule has 5 nitrogen and oxygen atoms in total. The van der Waals surface area contributed by atoms with Gasteiger partial charge in [-0.1, -0.05) is 6.92 Å². The first-order chi connectivity index (χ1) is 9.66. The molecular formula is C13H15F3N2O3. The van der Waals surface area contributed by atoms with E-state index in [4.69, 9.17) is 5.11 Å². The number of benzene rings is 1. The number of anilines is 1. The molecule has 1 rings (SSSR count). The Hall–Kier alpha value is -2.25. The summed E-state index contributed by atoms with van der Waals surface area (Å²) in [5.74, 6) is -1.15. The lowest BCUT2D eigenvalue weighted by molar-refractivity contribution is -0.142. The van der Waals surface area contributed by atoms with Crippen molar-refractivity contribution in [3.8, 4) is 0 Å². The van der Waals surface area contributed by atoms with Crippen LogP contribution in [0.15, 0.2) is 24.3 Å². The van der Waals surface area contributed by atoms with Crippen molar-refractivity contribution in [2.45, 2.75) is 25.6 Å². The molecule has 1 unspecified atom stereocenters. The summed E-state index contributed by atoms with van der Waals surface area (Å²) in [5, 5.41) is 11.3. The summed E-state index contributed by atoms with van der Waals surface area (Å²) < 4.78 is 37.2. The molecule has 2 N–H and O–H groups in total. The topological polar surface area (TPSA) is 69.6 Å². The fraction of sp³-hybridized carbons (Fsp3) is 0.385. The van der Waals surface area contributed by atoms with Gasteiger partial charge in [-0.3, -0.25) is 0 Å². The Morgan fingerprint density at radius 1 is 1.29 bits per heavy atom. The number of nitrogens with zero attached hydrogens (tertiary/aromatic N) is 1. The van der Waals surface area contributed by atoms with Crippen LogP contribution in [0.25, 0.3) is 0 Å². The van der Waals surface area contributed by atoms with Gasteiger partial charge in [-0.15, -0.1) is 0 Å². The van der Waals surface area contributed by atoms with Gasteiger partial charge in [0.25, 0.3) is 0 Å². The van der Waals surface area contributed by atoms with Crippen LogP contribution in [-0.4, -0.2) is 35.1 Å². The Balaban J connectivity index is 2.77. The number of carbonyl (C=O) groups excluding carboxylic acids is 1. The van der Waals surface area contributed by atoms with Gasteiger partial charge in [-0.25, -0.2) is 9.59 Å². The first kappa shape index (κ1) is 16.8. The predicted molar refractivity (Wildman–Crippen MR) is 69.9 cm³/mol. The highest BCUT2D eigenvalue weighted by Crippen LogP contribution is 2.29. The van der Waals surface area contributed by atoms with Crippen molar-refractivity contribution in [3.05, 3.63) is 29.8 Å². The van der Waals surface area contributed by atoms with Crippen molar-refractivity contribution < 1.29 is 27.9 Å². The highest BCUT2D eigenvalue weighted by atomic mass is 19.4. The van der Waals surface area contributed by atoms with E-state index in [0.29, 0.717) is 0 Å². The number of hydrogen-bond acceptors (Lipinski definition) is 2. The predicted octanol–water partition coefficient (Wildman–Crippen LogP) is 3.03. The molecule has 0 radical (unpaired) electrons. The lowest BCUT2D eigenvalue weighted by atomic mass is 10.2. The molecule has 0 bridgehead atoms. The molecule has 2 amide bonds. The molecule has 1 aromatic carbocycles. The molecule has 21 heavy (non-hydrogen) atoms. The number of rotatable bonds is 4. The van der Waals surface area contributed by atoms with Crippen LogP contribution in [0.3, 0.4) is 0 Å². The summed E-state index contributed by atoms with van der Waals surface area (Å²) in [4.78, 5) is 23.8. The van der Waals surface area contributed by atoms with Gasteiger partial charge < -0.3 is 15.3 Å². The van der Waals surface area contributed by atoms with Gasteiger partial charge in [0.15, 0.2) is 0 Å². The average Bonchev–Trinajstić information content (AvgIpc) is 2.38. The molecule has 0 aliphatic rings. The molecule has 0 aliphatic carbocycles. The third-order valence-electron chi connectivity index (χ3n) is 2.92. The number of carbonyl (C=O) groups is 2. The maximum absolute atomic E-state index is 12.4. The molecule has 0 heterocycles. The fourth-order valence-corrected chi connectivity index (χ4v) is 1.71. The van der Waals surface area contributed by atoms with Crippen molar-refractivity contribution in [2.24, 2.45) is 0 Å². The molecule has 0 spiro atoms. The van der Waals surface area contributed by atoms with Gasteiger partial charge in [0.1, 0.15) is 6.04 Å². The Kier molecular flexibility index (Phi) is 5.17. The average molecular weight is 304 g/mol. The van der Waals surface area contributed by atoms with Crippen LogP contribution in [0.4, 0.5) is 23.7 Å². The molecule has 0 saturated carbocycles. The zero-order valence-electron chi connectivity index (χ0n) is 11.4. The Labute approximate surface area is 119 Å². The third-order valence-corrected chi connectivity index (χ3v) is 2.92. The lowest BCUT2D eigenvalue weighted by Gasteiger charge is -2.24. The summed E-state index contributed by atoms with van der Waals surface area (Å²) >= 11 is 0. The number of alkyl halides is 3. The van der Waals surface area contributed by atoms with Gasteiger partial charge in [0, 0.05) is 12.7 Å². The van der Waals surface area contributed by atoms with Crippen molar-refractivity contribution >= 4 is 17.7 Å². The molecule has 0 aromatic heterocycles. The van der Waals surface area contributed by atoms with Crippen LogP contribution in [0, 0.1) is 0 Å². The number of carboxylic acids is 1. The van der Waals surface area contributed by atoms with Gasteiger partial charge in [0.2, 0.25) is 0 Å². The Morgan fingerprint density at radius 3 is 2.19 bits per heavy atom. The first-order valence-corrected chi connectivity index (χ1v) is 6.10. The van der Waals surface area contributed by atoms with E-state index < -0.39 is 29.8 Å². The number of likely N-dealkylation sites (N-methyl/N-ethyl adjacent to an activating group) is 1. The van der Waals surface area contributed by atoms with E-state index >= 15 is 0 Å². The first-order valence-electron chi connectivity index (χ1n) is 6.10. The van der Waals surface area contributed by atoms with Crippen LogP contribution in [0.5, 0.6) is 0 Å². The van der Waals surface area contributed by atoms with Gasteiger partial charge >= 0.3 is 18.2 Å². The second-order valence-corrected chi connectivity index (χ2v) is 4.38. The van der Waals surface area contributed by atoms with Crippen LogP contribution in [0.2, 0.25) is 0 Å². The number of halogens is 3. The van der Waals surface area contributed by atoms with E-state index in [1.807, 2.05) is 0 Å². The van der Waals surface area contributed by atoms with Crippen molar-refractivity contribution in [1.29, 1.82) is 0 Å². The standard InChI is InChI=1S/C13H15F3N2O3/c1-3-10(11(19)20)18(2)12(21)17-9-6-4-8(5-7-9)13(14,15)16/h4-7,10H,3H2,1-2H3,(H,17,21)(H,19,20).